The first kappa shape index (κ1) is 10.0. The van der Waals surface area contributed by atoms with E-state index >= 15 is 0 Å². The van der Waals surface area contributed by atoms with Crippen LogP contribution in [0.4, 0.5) is 8.78 Å². The fourth-order valence-corrected chi connectivity index (χ4v) is 1.48. The highest BCUT2D eigenvalue weighted by Gasteiger charge is 2.29. The molecule has 2 rings (SSSR count). The molecule has 1 aromatic rings. The first-order chi connectivity index (χ1) is 7.06. The molecule has 0 aliphatic carbocycles. The van der Waals surface area contributed by atoms with Crippen LogP contribution in [0.1, 0.15) is 10.4 Å². The monoisotopic (exact) mass is 213 g/mol. The number of rotatable bonds is 1. The largest absolute Gasteiger partial charge is 0.389 e. The lowest BCUT2D eigenvalue weighted by atomic mass is 10.1. The van der Waals surface area contributed by atoms with Gasteiger partial charge in [0.05, 0.1) is 6.10 Å². The number of hydrogen-bond acceptors (Lipinski definition) is 2. The second-order valence-electron chi connectivity index (χ2n) is 3.52. The normalized spacial score (nSPS) is 16.3. The van der Waals surface area contributed by atoms with Crippen molar-refractivity contribution in [1.82, 2.24) is 4.90 Å². The molecule has 1 aromatic carbocycles. The van der Waals surface area contributed by atoms with Gasteiger partial charge in [0.25, 0.3) is 5.91 Å². The summed E-state index contributed by atoms with van der Waals surface area (Å²) in [5.41, 5.74) is -0.0283. The van der Waals surface area contributed by atoms with Crippen molar-refractivity contribution in [3.8, 4) is 0 Å². The minimum absolute atomic E-state index is 0.0283. The van der Waals surface area contributed by atoms with E-state index in [9.17, 15) is 13.6 Å². The summed E-state index contributed by atoms with van der Waals surface area (Å²) in [6.45, 7) is 0.438. The van der Waals surface area contributed by atoms with Gasteiger partial charge in [-0.25, -0.2) is 8.78 Å². The third kappa shape index (κ3) is 1.97. The van der Waals surface area contributed by atoms with Gasteiger partial charge in [-0.05, 0) is 12.1 Å². The fourth-order valence-electron chi connectivity index (χ4n) is 1.48. The quantitative estimate of drug-likeness (QED) is 0.749. The molecule has 0 saturated carbocycles. The Kier molecular flexibility index (Phi) is 2.40. The molecule has 0 atom stereocenters. The minimum Gasteiger partial charge on any atom is -0.389 e. The van der Waals surface area contributed by atoms with Gasteiger partial charge in [0.1, 0.15) is 11.6 Å². The molecular weight excluding hydrogens is 204 g/mol. The number of aliphatic hydroxyl groups is 1. The Morgan fingerprint density at radius 1 is 1.27 bits per heavy atom. The summed E-state index contributed by atoms with van der Waals surface area (Å²) < 4.78 is 25.6. The molecule has 1 N–H and O–H groups in total. The molecule has 1 fully saturated rings. The Bertz CT molecular complexity index is 382. The van der Waals surface area contributed by atoms with Crippen LogP contribution in [0.25, 0.3) is 0 Å². The van der Waals surface area contributed by atoms with Gasteiger partial charge in [0, 0.05) is 24.7 Å². The average molecular weight is 213 g/mol. The summed E-state index contributed by atoms with van der Waals surface area (Å²) in [6.07, 6.45) is -0.521. The average Bonchev–Trinajstić information content (AvgIpc) is 2.10. The van der Waals surface area contributed by atoms with Crippen LogP contribution in [0.3, 0.4) is 0 Å². The molecule has 1 amide bonds. The predicted octanol–water partition coefficient (Wildman–Crippen LogP) is 0.782. The van der Waals surface area contributed by atoms with E-state index < -0.39 is 23.6 Å². The minimum atomic E-state index is -0.778. The standard InChI is InChI=1S/C10H9F2NO2/c11-7-1-6(2-8(12)3-7)10(15)13-4-9(14)5-13/h1-3,9,14H,4-5H2. The Morgan fingerprint density at radius 2 is 1.80 bits per heavy atom. The van der Waals surface area contributed by atoms with Crippen LogP contribution in [-0.2, 0) is 0 Å². The maximum absolute atomic E-state index is 12.8. The van der Waals surface area contributed by atoms with Crippen LogP contribution >= 0.6 is 0 Å². The second-order valence-corrected chi connectivity index (χ2v) is 3.52. The van der Waals surface area contributed by atoms with Gasteiger partial charge in [0.2, 0.25) is 0 Å². The molecule has 80 valence electrons. The van der Waals surface area contributed by atoms with Crippen molar-refractivity contribution in [2.45, 2.75) is 6.10 Å². The topological polar surface area (TPSA) is 40.5 Å². The maximum Gasteiger partial charge on any atom is 0.254 e. The molecule has 0 bridgehead atoms. The van der Waals surface area contributed by atoms with E-state index in [2.05, 4.69) is 0 Å². The summed E-state index contributed by atoms with van der Waals surface area (Å²) in [6, 6.07) is 2.67. The zero-order valence-electron chi connectivity index (χ0n) is 7.78. The fraction of sp³-hybridized carbons (Fsp3) is 0.300. The van der Waals surface area contributed by atoms with Gasteiger partial charge in [-0.3, -0.25) is 4.79 Å². The number of nitrogens with zero attached hydrogens (tertiary/aromatic N) is 1. The maximum atomic E-state index is 12.8. The smallest absolute Gasteiger partial charge is 0.254 e. The summed E-state index contributed by atoms with van der Waals surface area (Å²) in [4.78, 5) is 12.9. The van der Waals surface area contributed by atoms with E-state index in [0.717, 1.165) is 12.1 Å². The van der Waals surface area contributed by atoms with Crippen LogP contribution in [0.2, 0.25) is 0 Å². The van der Waals surface area contributed by atoms with Crippen molar-refractivity contribution in [3.05, 3.63) is 35.4 Å². The van der Waals surface area contributed by atoms with Gasteiger partial charge in [-0.2, -0.15) is 0 Å². The number of aliphatic hydroxyl groups excluding tert-OH is 1. The molecular formula is C10H9F2NO2. The molecule has 5 heteroatoms. The van der Waals surface area contributed by atoms with Gasteiger partial charge in [0.15, 0.2) is 0 Å². The van der Waals surface area contributed by atoms with E-state index in [0.29, 0.717) is 6.07 Å². The lowest BCUT2D eigenvalue weighted by Crippen LogP contribution is -2.53. The third-order valence-electron chi connectivity index (χ3n) is 2.26. The summed E-state index contributed by atoms with van der Waals surface area (Å²) >= 11 is 0. The van der Waals surface area contributed by atoms with Crippen LogP contribution in [-0.4, -0.2) is 35.1 Å². The van der Waals surface area contributed by atoms with Crippen molar-refractivity contribution in [3.63, 3.8) is 0 Å². The molecule has 3 nitrogen and oxygen atoms in total. The van der Waals surface area contributed by atoms with E-state index in [1.54, 1.807) is 0 Å². The Hall–Kier alpha value is -1.49. The second kappa shape index (κ2) is 3.58. The van der Waals surface area contributed by atoms with Crippen molar-refractivity contribution in [2.75, 3.05) is 13.1 Å². The first-order valence-electron chi connectivity index (χ1n) is 4.49. The molecule has 0 radical (unpaired) electrons. The number of likely N-dealkylation sites (tertiary alicyclic amines) is 1. The van der Waals surface area contributed by atoms with Crippen LogP contribution in [0.15, 0.2) is 18.2 Å². The summed E-state index contributed by atoms with van der Waals surface area (Å²) in [7, 11) is 0. The van der Waals surface area contributed by atoms with E-state index in [1.165, 1.54) is 4.90 Å². The number of carbonyl (C=O) groups is 1. The SMILES string of the molecule is O=C(c1cc(F)cc(F)c1)N1CC(O)C1. The molecule has 0 aromatic heterocycles. The highest BCUT2D eigenvalue weighted by molar-refractivity contribution is 5.94. The van der Waals surface area contributed by atoms with Crippen LogP contribution in [0, 0.1) is 11.6 Å². The highest BCUT2D eigenvalue weighted by atomic mass is 19.1. The van der Waals surface area contributed by atoms with E-state index in [4.69, 9.17) is 5.11 Å². The van der Waals surface area contributed by atoms with Crippen molar-refractivity contribution in [2.24, 2.45) is 0 Å². The number of amides is 1. The Morgan fingerprint density at radius 3 is 2.27 bits per heavy atom. The predicted molar refractivity (Wildman–Crippen MR) is 48.3 cm³/mol. The van der Waals surface area contributed by atoms with Crippen molar-refractivity contribution >= 4 is 5.91 Å². The number of hydrogen-bond donors (Lipinski definition) is 1. The van der Waals surface area contributed by atoms with E-state index in [1.807, 2.05) is 0 Å². The highest BCUT2D eigenvalue weighted by Crippen LogP contribution is 2.15. The van der Waals surface area contributed by atoms with Crippen LogP contribution < -0.4 is 0 Å². The van der Waals surface area contributed by atoms with Gasteiger partial charge < -0.3 is 10.0 Å². The van der Waals surface area contributed by atoms with Gasteiger partial charge in [-0.1, -0.05) is 0 Å². The summed E-state index contributed by atoms with van der Waals surface area (Å²) in [5, 5.41) is 8.98. The van der Waals surface area contributed by atoms with E-state index in [-0.39, 0.29) is 18.7 Å². The van der Waals surface area contributed by atoms with Gasteiger partial charge in [-0.15, -0.1) is 0 Å². The zero-order valence-corrected chi connectivity index (χ0v) is 7.78. The molecule has 0 spiro atoms. The lowest BCUT2D eigenvalue weighted by Gasteiger charge is -2.35. The molecule has 1 aliphatic heterocycles. The Balaban J connectivity index is 2.18. The number of β-amino-alcohol motifs (C(OH)–C–C–N with tert-alkyl or cyclic N) is 1. The van der Waals surface area contributed by atoms with Gasteiger partial charge >= 0.3 is 0 Å². The first-order valence-corrected chi connectivity index (χ1v) is 4.49. The molecule has 1 heterocycles. The molecule has 0 unspecified atom stereocenters. The Labute approximate surface area is 84.9 Å². The third-order valence-corrected chi connectivity index (χ3v) is 2.26. The number of halogens is 2. The zero-order chi connectivity index (χ0) is 11.0. The van der Waals surface area contributed by atoms with Crippen LogP contribution in [0.5, 0.6) is 0 Å². The van der Waals surface area contributed by atoms with Crippen molar-refractivity contribution in [1.29, 1.82) is 0 Å². The molecule has 1 aliphatic rings. The molecule has 15 heavy (non-hydrogen) atoms. The lowest BCUT2D eigenvalue weighted by molar-refractivity contribution is 0.00584. The number of carbonyl (C=O) groups excluding carboxylic acids is 1. The molecule has 1 saturated heterocycles. The van der Waals surface area contributed by atoms with Crippen molar-refractivity contribution < 1.29 is 18.7 Å². The number of benzene rings is 1. The summed E-state index contributed by atoms with van der Waals surface area (Å²) in [5.74, 6) is -2.02.